The van der Waals surface area contributed by atoms with E-state index in [0.717, 1.165) is 4.47 Å². The van der Waals surface area contributed by atoms with Crippen LogP contribution < -0.4 is 4.74 Å². The maximum atomic E-state index is 10.7. The number of rotatable bonds is 6. The highest BCUT2D eigenvalue weighted by Gasteiger charge is 2.36. The highest BCUT2D eigenvalue weighted by Crippen LogP contribution is 2.32. The summed E-state index contributed by atoms with van der Waals surface area (Å²) in [5, 5.41) is 15.4. The molecule has 0 saturated heterocycles. The molecule has 0 spiro atoms. The van der Waals surface area contributed by atoms with Crippen LogP contribution in [0.5, 0.6) is 5.75 Å². The Balaban J connectivity index is 2.27. The maximum Gasteiger partial charge on any atom is 0.219 e. The van der Waals surface area contributed by atoms with Crippen LogP contribution in [0.3, 0.4) is 0 Å². The lowest BCUT2D eigenvalue weighted by atomic mass is 9.88. The van der Waals surface area contributed by atoms with Crippen molar-refractivity contribution in [3.8, 4) is 5.75 Å². The summed E-state index contributed by atoms with van der Waals surface area (Å²) in [4.78, 5) is 3.93. The summed E-state index contributed by atoms with van der Waals surface area (Å²) in [5.41, 5.74) is -0.383. The van der Waals surface area contributed by atoms with Crippen LogP contribution in [-0.2, 0) is 0 Å². The summed E-state index contributed by atoms with van der Waals surface area (Å²) in [5.74, 6) is 0.656. The quantitative estimate of drug-likeness (QED) is 0.730. The van der Waals surface area contributed by atoms with E-state index in [1.807, 2.05) is 38.1 Å². The van der Waals surface area contributed by atoms with Crippen molar-refractivity contribution >= 4 is 31.9 Å². The average Bonchev–Trinajstić information content (AvgIpc) is 3.00. The average molecular weight is 419 g/mol. The summed E-state index contributed by atoms with van der Waals surface area (Å²) in [6.45, 7) is 3.92. The molecule has 2 aromatic rings. The van der Waals surface area contributed by atoms with Crippen LogP contribution in [0.15, 0.2) is 41.4 Å². The van der Waals surface area contributed by atoms with Crippen molar-refractivity contribution in [2.75, 3.05) is 5.33 Å². The topological polar surface area (TPSA) is 60.2 Å². The summed E-state index contributed by atoms with van der Waals surface area (Å²) >= 11 is 6.81. The number of halogens is 2. The second kappa shape index (κ2) is 6.89. The number of hydrogen-bond donors (Lipinski definition) is 1. The van der Waals surface area contributed by atoms with Gasteiger partial charge in [0, 0.05) is 15.2 Å². The molecule has 0 fully saturated rings. The Hall–Kier alpha value is -0.920. The molecule has 0 radical (unpaired) electrons. The van der Waals surface area contributed by atoms with Crippen LogP contribution in [0, 0.1) is 5.41 Å². The van der Waals surface area contributed by atoms with Gasteiger partial charge in [-0.15, -0.1) is 0 Å². The number of benzene rings is 1. The van der Waals surface area contributed by atoms with Crippen molar-refractivity contribution in [1.29, 1.82) is 0 Å². The fraction of sp³-hybridized carbons (Fsp3) is 0.429. The minimum absolute atomic E-state index is 0.383. The maximum absolute atomic E-state index is 10.7. The normalized spacial score (nSPS) is 14.7. The third-order valence-electron chi connectivity index (χ3n) is 3.18. The van der Waals surface area contributed by atoms with Gasteiger partial charge in [-0.3, -0.25) is 0 Å². The summed E-state index contributed by atoms with van der Waals surface area (Å²) < 4.78 is 8.42. The Morgan fingerprint density at radius 1 is 1.33 bits per heavy atom. The monoisotopic (exact) mass is 417 g/mol. The highest BCUT2D eigenvalue weighted by molar-refractivity contribution is 9.10. The third kappa shape index (κ3) is 4.05. The third-order valence-corrected chi connectivity index (χ3v) is 5.16. The Morgan fingerprint density at radius 2 is 2.00 bits per heavy atom. The molecule has 21 heavy (non-hydrogen) atoms. The fourth-order valence-corrected chi connectivity index (χ4v) is 2.33. The number of aliphatic hydroxyl groups is 1. The first-order valence-electron chi connectivity index (χ1n) is 6.44. The molecule has 0 aliphatic carbocycles. The van der Waals surface area contributed by atoms with Gasteiger partial charge in [0.1, 0.15) is 24.5 Å². The van der Waals surface area contributed by atoms with E-state index in [-0.39, 0.29) is 5.41 Å². The Labute approximate surface area is 140 Å². The molecule has 2 atom stereocenters. The van der Waals surface area contributed by atoms with Gasteiger partial charge in [-0.1, -0.05) is 45.7 Å². The lowest BCUT2D eigenvalue weighted by molar-refractivity contribution is -0.0710. The van der Waals surface area contributed by atoms with Gasteiger partial charge in [-0.05, 0) is 24.3 Å². The molecular weight excluding hydrogens is 402 g/mol. The van der Waals surface area contributed by atoms with E-state index < -0.39 is 12.3 Å². The minimum Gasteiger partial charge on any atom is -0.466 e. The molecule has 1 aromatic carbocycles. The van der Waals surface area contributed by atoms with Crippen molar-refractivity contribution in [3.05, 3.63) is 41.4 Å². The molecule has 0 bridgehead atoms. The van der Waals surface area contributed by atoms with Crippen molar-refractivity contribution < 1.29 is 9.84 Å². The fourth-order valence-electron chi connectivity index (χ4n) is 1.73. The number of alkyl halides is 1. The zero-order valence-corrected chi connectivity index (χ0v) is 15.0. The molecule has 2 rings (SSSR count). The molecule has 1 N–H and O–H groups in total. The van der Waals surface area contributed by atoms with Gasteiger partial charge in [0.15, 0.2) is 0 Å². The van der Waals surface area contributed by atoms with Crippen molar-refractivity contribution in [2.24, 2.45) is 5.41 Å². The van der Waals surface area contributed by atoms with Gasteiger partial charge >= 0.3 is 0 Å². The highest BCUT2D eigenvalue weighted by atomic mass is 79.9. The minimum atomic E-state index is -0.762. The molecule has 0 saturated carbocycles. The lowest BCUT2D eigenvalue weighted by Crippen LogP contribution is -2.41. The zero-order valence-electron chi connectivity index (χ0n) is 11.8. The smallest absolute Gasteiger partial charge is 0.219 e. The van der Waals surface area contributed by atoms with Crippen molar-refractivity contribution in [1.82, 2.24) is 14.8 Å². The summed E-state index contributed by atoms with van der Waals surface area (Å²) in [6.07, 6.45) is 1.55. The van der Waals surface area contributed by atoms with E-state index in [4.69, 9.17) is 4.74 Å². The predicted molar refractivity (Wildman–Crippen MR) is 87.4 cm³/mol. The largest absolute Gasteiger partial charge is 0.466 e. The number of hydrogen-bond acceptors (Lipinski definition) is 4. The van der Waals surface area contributed by atoms with E-state index in [9.17, 15) is 5.11 Å². The van der Waals surface area contributed by atoms with E-state index >= 15 is 0 Å². The molecule has 1 aromatic heterocycles. The van der Waals surface area contributed by atoms with Crippen LogP contribution >= 0.6 is 31.9 Å². The first-order chi connectivity index (χ1) is 9.94. The van der Waals surface area contributed by atoms with Crippen molar-refractivity contribution in [2.45, 2.75) is 26.2 Å². The second-order valence-electron chi connectivity index (χ2n) is 5.40. The van der Waals surface area contributed by atoms with E-state index in [1.165, 1.54) is 17.3 Å². The first-order valence-corrected chi connectivity index (χ1v) is 8.36. The molecule has 5 nitrogen and oxygen atoms in total. The standard InChI is InChI=1S/C14H17Br2N3O2/c1-14(2,7-15)12(20)13(19-9-17-8-18-19)21-11-5-3-10(16)4-6-11/h3-6,8-9,12-13,20H,7H2,1-2H3. The molecule has 114 valence electrons. The Morgan fingerprint density at radius 3 is 2.52 bits per heavy atom. The van der Waals surface area contributed by atoms with Gasteiger partial charge in [0.25, 0.3) is 0 Å². The van der Waals surface area contributed by atoms with Crippen LogP contribution in [0.1, 0.15) is 20.1 Å². The van der Waals surface area contributed by atoms with Crippen molar-refractivity contribution in [3.63, 3.8) is 0 Å². The number of aromatic nitrogens is 3. The summed E-state index contributed by atoms with van der Waals surface area (Å²) in [6, 6.07) is 7.44. The van der Waals surface area contributed by atoms with Gasteiger partial charge < -0.3 is 9.84 Å². The SMILES string of the molecule is CC(C)(CBr)C(O)C(Oc1ccc(Br)cc1)n1cncn1. The van der Waals surface area contributed by atoms with Gasteiger partial charge in [0.05, 0.1) is 0 Å². The van der Waals surface area contributed by atoms with Crippen LogP contribution in [0.4, 0.5) is 0 Å². The first kappa shape index (κ1) is 16.5. The molecule has 7 heteroatoms. The molecular formula is C14H17Br2N3O2. The van der Waals surface area contributed by atoms with E-state index in [0.29, 0.717) is 11.1 Å². The number of ether oxygens (including phenoxy) is 1. The van der Waals surface area contributed by atoms with Crippen LogP contribution in [0.2, 0.25) is 0 Å². The molecule has 0 aliphatic rings. The van der Waals surface area contributed by atoms with E-state index in [2.05, 4.69) is 41.9 Å². The van der Waals surface area contributed by atoms with Gasteiger partial charge in [-0.2, -0.15) is 5.10 Å². The van der Waals surface area contributed by atoms with Gasteiger partial charge in [0.2, 0.25) is 6.23 Å². The molecule has 2 unspecified atom stereocenters. The van der Waals surface area contributed by atoms with Crippen LogP contribution in [-0.4, -0.2) is 31.3 Å². The molecule has 0 aliphatic heterocycles. The molecule has 0 amide bonds. The molecule has 1 heterocycles. The number of aliphatic hydroxyl groups excluding tert-OH is 1. The predicted octanol–water partition coefficient (Wildman–Crippen LogP) is 3.40. The van der Waals surface area contributed by atoms with Gasteiger partial charge in [-0.25, -0.2) is 9.67 Å². The zero-order chi connectivity index (χ0) is 15.5. The lowest BCUT2D eigenvalue weighted by Gasteiger charge is -2.34. The Kier molecular flexibility index (Phi) is 5.40. The van der Waals surface area contributed by atoms with Crippen LogP contribution in [0.25, 0.3) is 0 Å². The van der Waals surface area contributed by atoms with E-state index in [1.54, 1.807) is 0 Å². The Bertz CT molecular complexity index is 558. The number of nitrogens with zero attached hydrogens (tertiary/aromatic N) is 3. The summed E-state index contributed by atoms with van der Waals surface area (Å²) in [7, 11) is 0. The second-order valence-corrected chi connectivity index (χ2v) is 6.88.